The summed E-state index contributed by atoms with van der Waals surface area (Å²) < 4.78 is 9.85. The number of hydrogen-bond acceptors (Lipinski definition) is 3. The van der Waals surface area contributed by atoms with Gasteiger partial charge in [-0.2, -0.15) is 0 Å². The Morgan fingerprint density at radius 3 is 2.45 bits per heavy atom. The summed E-state index contributed by atoms with van der Waals surface area (Å²) in [6, 6.07) is 0. The fraction of sp³-hybridized carbons (Fsp3) is 0.833. The Balaban J connectivity index is 3.60. The summed E-state index contributed by atoms with van der Waals surface area (Å²) in [5, 5.41) is 0. The molecule has 0 rings (SSSR count). The van der Waals surface area contributed by atoms with Gasteiger partial charge in [0.25, 0.3) is 0 Å². The molecular weight excluding hydrogens is 146 g/mol. The van der Waals surface area contributed by atoms with Crippen LogP contribution in [0.2, 0.25) is 0 Å². The smallest absolute Gasteiger partial charge is 0.186 e. The standard InChI is InChI=1S/C6H15N3O2/c1-10-4-5(11-2)3-9-6(7)8/h5H,3-4H2,1-2H3,(H4,7,8,9). The van der Waals surface area contributed by atoms with Crippen LogP contribution in [0.3, 0.4) is 0 Å². The van der Waals surface area contributed by atoms with Gasteiger partial charge in [0.1, 0.15) is 6.10 Å². The van der Waals surface area contributed by atoms with Crippen molar-refractivity contribution in [2.75, 3.05) is 27.4 Å². The minimum absolute atomic E-state index is 0.0675. The third-order valence-corrected chi connectivity index (χ3v) is 1.16. The van der Waals surface area contributed by atoms with Crippen molar-refractivity contribution in [2.45, 2.75) is 6.10 Å². The van der Waals surface area contributed by atoms with Crippen molar-refractivity contribution in [1.82, 2.24) is 0 Å². The minimum atomic E-state index is -0.0675. The highest BCUT2D eigenvalue weighted by molar-refractivity contribution is 5.75. The van der Waals surface area contributed by atoms with E-state index in [0.717, 1.165) is 0 Å². The van der Waals surface area contributed by atoms with Crippen LogP contribution in [-0.2, 0) is 9.47 Å². The zero-order valence-electron chi connectivity index (χ0n) is 6.91. The molecule has 0 bridgehead atoms. The molecule has 5 heteroatoms. The van der Waals surface area contributed by atoms with Gasteiger partial charge in [0.15, 0.2) is 5.96 Å². The Bertz CT molecular complexity index is 123. The molecule has 66 valence electrons. The van der Waals surface area contributed by atoms with E-state index in [1.165, 1.54) is 0 Å². The Labute approximate surface area is 66.4 Å². The third-order valence-electron chi connectivity index (χ3n) is 1.16. The summed E-state index contributed by atoms with van der Waals surface area (Å²) in [5.41, 5.74) is 10.2. The summed E-state index contributed by atoms with van der Waals surface area (Å²) in [6.45, 7) is 0.931. The van der Waals surface area contributed by atoms with Gasteiger partial charge in [0, 0.05) is 14.2 Å². The molecule has 1 unspecified atom stereocenters. The summed E-state index contributed by atoms with van der Waals surface area (Å²) in [7, 11) is 3.19. The van der Waals surface area contributed by atoms with Crippen LogP contribution in [0.4, 0.5) is 0 Å². The van der Waals surface area contributed by atoms with Gasteiger partial charge in [-0.3, -0.25) is 4.99 Å². The predicted octanol–water partition coefficient (Wildman–Crippen LogP) is -1.08. The molecule has 0 fully saturated rings. The lowest BCUT2D eigenvalue weighted by Crippen LogP contribution is -2.27. The molecule has 0 radical (unpaired) electrons. The van der Waals surface area contributed by atoms with Crippen LogP contribution < -0.4 is 11.5 Å². The first-order chi connectivity index (χ1) is 5.20. The van der Waals surface area contributed by atoms with Crippen molar-refractivity contribution < 1.29 is 9.47 Å². The summed E-state index contributed by atoms with van der Waals surface area (Å²) in [5.74, 6) is 0.0724. The monoisotopic (exact) mass is 161 g/mol. The number of guanidine groups is 1. The van der Waals surface area contributed by atoms with Gasteiger partial charge in [0.2, 0.25) is 0 Å². The van der Waals surface area contributed by atoms with Gasteiger partial charge in [-0.05, 0) is 0 Å². The van der Waals surface area contributed by atoms with E-state index >= 15 is 0 Å². The highest BCUT2D eigenvalue weighted by Crippen LogP contribution is 1.90. The van der Waals surface area contributed by atoms with Gasteiger partial charge >= 0.3 is 0 Å². The van der Waals surface area contributed by atoms with E-state index in [0.29, 0.717) is 13.2 Å². The average Bonchev–Trinajstić information content (AvgIpc) is 1.97. The second-order valence-corrected chi connectivity index (χ2v) is 2.08. The zero-order valence-corrected chi connectivity index (χ0v) is 6.91. The molecule has 5 nitrogen and oxygen atoms in total. The molecule has 0 aliphatic carbocycles. The first-order valence-electron chi connectivity index (χ1n) is 3.27. The fourth-order valence-electron chi connectivity index (χ4n) is 0.588. The lowest BCUT2D eigenvalue weighted by atomic mass is 10.4. The Kier molecular flexibility index (Phi) is 5.50. The molecule has 4 N–H and O–H groups in total. The normalized spacial score (nSPS) is 12.5. The molecule has 11 heavy (non-hydrogen) atoms. The average molecular weight is 161 g/mol. The number of rotatable bonds is 5. The van der Waals surface area contributed by atoms with Gasteiger partial charge < -0.3 is 20.9 Å². The van der Waals surface area contributed by atoms with E-state index in [2.05, 4.69) is 4.99 Å². The third kappa shape index (κ3) is 5.63. The fourth-order valence-corrected chi connectivity index (χ4v) is 0.588. The molecule has 0 aliphatic heterocycles. The summed E-state index contributed by atoms with van der Waals surface area (Å²) in [6.07, 6.45) is -0.0675. The lowest BCUT2D eigenvalue weighted by Gasteiger charge is -2.10. The first-order valence-corrected chi connectivity index (χ1v) is 3.27. The molecule has 0 aromatic carbocycles. The van der Waals surface area contributed by atoms with Crippen molar-refractivity contribution in [3.05, 3.63) is 0 Å². The molecule has 0 spiro atoms. The van der Waals surface area contributed by atoms with E-state index in [4.69, 9.17) is 20.9 Å². The van der Waals surface area contributed by atoms with Crippen LogP contribution in [-0.4, -0.2) is 39.4 Å². The molecular formula is C6H15N3O2. The molecule has 1 atom stereocenters. The largest absolute Gasteiger partial charge is 0.382 e. The molecule has 0 aromatic rings. The van der Waals surface area contributed by atoms with Crippen molar-refractivity contribution in [3.63, 3.8) is 0 Å². The van der Waals surface area contributed by atoms with E-state index in [-0.39, 0.29) is 12.1 Å². The van der Waals surface area contributed by atoms with Crippen molar-refractivity contribution in [1.29, 1.82) is 0 Å². The Hall–Kier alpha value is -0.810. The van der Waals surface area contributed by atoms with Crippen LogP contribution in [0.15, 0.2) is 4.99 Å². The maximum atomic E-state index is 5.12. The van der Waals surface area contributed by atoms with Gasteiger partial charge in [0.05, 0.1) is 13.2 Å². The number of nitrogens with two attached hydrogens (primary N) is 2. The van der Waals surface area contributed by atoms with Crippen LogP contribution in [0, 0.1) is 0 Å². The van der Waals surface area contributed by atoms with E-state index in [1.54, 1.807) is 14.2 Å². The topological polar surface area (TPSA) is 82.9 Å². The van der Waals surface area contributed by atoms with Crippen LogP contribution in [0.25, 0.3) is 0 Å². The highest BCUT2D eigenvalue weighted by Gasteiger charge is 2.04. The highest BCUT2D eigenvalue weighted by atomic mass is 16.5. The first kappa shape index (κ1) is 10.2. The van der Waals surface area contributed by atoms with Crippen molar-refractivity contribution in [2.24, 2.45) is 16.5 Å². The number of ether oxygens (including phenoxy) is 2. The molecule has 0 saturated heterocycles. The van der Waals surface area contributed by atoms with E-state index in [1.807, 2.05) is 0 Å². The second-order valence-electron chi connectivity index (χ2n) is 2.08. The number of aliphatic imine (C=N–C) groups is 1. The summed E-state index contributed by atoms with van der Waals surface area (Å²) >= 11 is 0. The SMILES string of the molecule is COCC(CN=C(N)N)OC. The maximum Gasteiger partial charge on any atom is 0.186 e. The van der Waals surface area contributed by atoms with Crippen molar-refractivity contribution in [3.8, 4) is 0 Å². The Morgan fingerprint density at radius 2 is 2.09 bits per heavy atom. The minimum Gasteiger partial charge on any atom is -0.382 e. The molecule has 0 aromatic heterocycles. The number of nitrogens with zero attached hydrogens (tertiary/aromatic N) is 1. The van der Waals surface area contributed by atoms with Gasteiger partial charge in [-0.15, -0.1) is 0 Å². The van der Waals surface area contributed by atoms with E-state index in [9.17, 15) is 0 Å². The summed E-state index contributed by atoms with van der Waals surface area (Å²) in [4.78, 5) is 3.78. The van der Waals surface area contributed by atoms with Crippen molar-refractivity contribution >= 4 is 5.96 Å². The second kappa shape index (κ2) is 5.94. The quantitative estimate of drug-likeness (QED) is 0.397. The molecule has 0 saturated carbocycles. The van der Waals surface area contributed by atoms with Crippen LogP contribution >= 0.6 is 0 Å². The van der Waals surface area contributed by atoms with Crippen LogP contribution in [0.5, 0.6) is 0 Å². The number of methoxy groups -OCH3 is 2. The molecule has 0 aliphatic rings. The van der Waals surface area contributed by atoms with Gasteiger partial charge in [-0.1, -0.05) is 0 Å². The number of hydrogen-bond donors (Lipinski definition) is 2. The zero-order chi connectivity index (χ0) is 8.69. The van der Waals surface area contributed by atoms with Gasteiger partial charge in [-0.25, -0.2) is 0 Å². The van der Waals surface area contributed by atoms with E-state index < -0.39 is 0 Å². The Morgan fingerprint density at radius 1 is 1.45 bits per heavy atom. The van der Waals surface area contributed by atoms with Crippen LogP contribution in [0.1, 0.15) is 0 Å². The maximum absolute atomic E-state index is 5.12. The lowest BCUT2D eigenvalue weighted by molar-refractivity contribution is 0.0344. The predicted molar refractivity (Wildman–Crippen MR) is 43.3 cm³/mol. The molecule has 0 amide bonds. The molecule has 0 heterocycles.